The second-order valence-corrected chi connectivity index (χ2v) is 4.10. The number of ether oxygens (including phenoxy) is 1. The SMILES string of the molecule is CNc1ncnnc1-c1ccc(OC(C)C)cc1. The van der Waals surface area contributed by atoms with Crippen LogP contribution in [-0.4, -0.2) is 28.3 Å². The molecule has 18 heavy (non-hydrogen) atoms. The third-order valence-electron chi connectivity index (χ3n) is 2.36. The second kappa shape index (κ2) is 5.44. The Balaban J connectivity index is 2.28. The van der Waals surface area contributed by atoms with Gasteiger partial charge in [-0.05, 0) is 38.1 Å². The van der Waals surface area contributed by atoms with Crippen molar-refractivity contribution in [1.82, 2.24) is 15.2 Å². The first-order valence-corrected chi connectivity index (χ1v) is 5.83. The van der Waals surface area contributed by atoms with Crippen molar-refractivity contribution in [3.63, 3.8) is 0 Å². The Morgan fingerprint density at radius 3 is 2.50 bits per heavy atom. The molecule has 5 heteroatoms. The van der Waals surface area contributed by atoms with Gasteiger partial charge < -0.3 is 10.1 Å². The Kier molecular flexibility index (Phi) is 3.72. The maximum absolute atomic E-state index is 5.59. The Morgan fingerprint density at radius 2 is 1.89 bits per heavy atom. The molecule has 5 nitrogen and oxygen atoms in total. The van der Waals surface area contributed by atoms with Crippen LogP contribution < -0.4 is 10.1 Å². The summed E-state index contributed by atoms with van der Waals surface area (Å²) >= 11 is 0. The molecular weight excluding hydrogens is 228 g/mol. The minimum atomic E-state index is 0.168. The molecule has 0 atom stereocenters. The van der Waals surface area contributed by atoms with E-state index >= 15 is 0 Å². The zero-order chi connectivity index (χ0) is 13.0. The van der Waals surface area contributed by atoms with Gasteiger partial charge in [0.25, 0.3) is 0 Å². The highest BCUT2D eigenvalue weighted by Gasteiger charge is 2.07. The van der Waals surface area contributed by atoms with Crippen molar-refractivity contribution in [2.45, 2.75) is 20.0 Å². The molecule has 0 aliphatic heterocycles. The van der Waals surface area contributed by atoms with Gasteiger partial charge in [-0.15, -0.1) is 10.2 Å². The summed E-state index contributed by atoms with van der Waals surface area (Å²) in [5.74, 6) is 1.55. The highest BCUT2D eigenvalue weighted by Crippen LogP contribution is 2.25. The normalized spacial score (nSPS) is 10.4. The molecule has 2 rings (SSSR count). The Labute approximate surface area is 106 Å². The monoisotopic (exact) mass is 244 g/mol. The van der Waals surface area contributed by atoms with Crippen LogP contribution in [0.4, 0.5) is 5.82 Å². The minimum absolute atomic E-state index is 0.168. The van der Waals surface area contributed by atoms with Gasteiger partial charge in [0.2, 0.25) is 0 Å². The number of nitrogens with one attached hydrogen (secondary N) is 1. The van der Waals surface area contributed by atoms with Crippen molar-refractivity contribution in [1.29, 1.82) is 0 Å². The molecule has 0 radical (unpaired) electrons. The van der Waals surface area contributed by atoms with Gasteiger partial charge in [0.05, 0.1) is 6.10 Å². The molecule has 1 aromatic heterocycles. The largest absolute Gasteiger partial charge is 0.491 e. The van der Waals surface area contributed by atoms with E-state index in [9.17, 15) is 0 Å². The summed E-state index contributed by atoms with van der Waals surface area (Å²) in [6.45, 7) is 4.00. The molecule has 2 aromatic rings. The lowest BCUT2D eigenvalue weighted by atomic mass is 10.1. The highest BCUT2D eigenvalue weighted by molar-refractivity contribution is 5.70. The number of rotatable bonds is 4. The highest BCUT2D eigenvalue weighted by atomic mass is 16.5. The van der Waals surface area contributed by atoms with Crippen LogP contribution in [0.15, 0.2) is 30.6 Å². The molecule has 0 saturated heterocycles. The summed E-state index contributed by atoms with van der Waals surface area (Å²) in [6.07, 6.45) is 1.59. The molecule has 1 N–H and O–H groups in total. The lowest BCUT2D eigenvalue weighted by Gasteiger charge is -2.10. The van der Waals surface area contributed by atoms with Gasteiger partial charge in [-0.25, -0.2) is 4.98 Å². The van der Waals surface area contributed by atoms with Crippen LogP contribution >= 0.6 is 0 Å². The predicted molar refractivity (Wildman–Crippen MR) is 70.6 cm³/mol. The van der Waals surface area contributed by atoms with E-state index in [2.05, 4.69) is 20.5 Å². The van der Waals surface area contributed by atoms with Crippen molar-refractivity contribution in [2.75, 3.05) is 12.4 Å². The predicted octanol–water partition coefficient (Wildman–Crippen LogP) is 2.37. The van der Waals surface area contributed by atoms with Crippen LogP contribution in [0.3, 0.4) is 0 Å². The molecule has 0 aliphatic rings. The first kappa shape index (κ1) is 12.3. The lowest BCUT2D eigenvalue weighted by Crippen LogP contribution is -2.05. The van der Waals surface area contributed by atoms with E-state index in [1.54, 1.807) is 0 Å². The van der Waals surface area contributed by atoms with Crippen molar-refractivity contribution >= 4 is 5.82 Å². The molecule has 0 bridgehead atoms. The van der Waals surface area contributed by atoms with Gasteiger partial charge >= 0.3 is 0 Å². The zero-order valence-electron chi connectivity index (χ0n) is 10.7. The van der Waals surface area contributed by atoms with Gasteiger partial charge in [0, 0.05) is 12.6 Å². The third-order valence-corrected chi connectivity index (χ3v) is 2.36. The summed E-state index contributed by atoms with van der Waals surface area (Å²) in [5.41, 5.74) is 1.69. The van der Waals surface area contributed by atoms with E-state index in [1.165, 1.54) is 6.33 Å². The van der Waals surface area contributed by atoms with Crippen LogP contribution in [0.2, 0.25) is 0 Å². The van der Waals surface area contributed by atoms with E-state index in [4.69, 9.17) is 4.74 Å². The Morgan fingerprint density at radius 1 is 1.17 bits per heavy atom. The molecule has 0 spiro atoms. The molecule has 0 unspecified atom stereocenters. The number of anilines is 1. The summed E-state index contributed by atoms with van der Waals surface area (Å²) < 4.78 is 5.59. The van der Waals surface area contributed by atoms with Gasteiger partial charge in [0.1, 0.15) is 17.8 Å². The molecule has 94 valence electrons. The number of hydrogen-bond acceptors (Lipinski definition) is 5. The Hall–Kier alpha value is -2.17. The van der Waals surface area contributed by atoms with Gasteiger partial charge in [-0.2, -0.15) is 0 Å². The van der Waals surface area contributed by atoms with Crippen molar-refractivity contribution in [3.05, 3.63) is 30.6 Å². The summed E-state index contributed by atoms with van der Waals surface area (Å²) in [6, 6.07) is 7.74. The summed E-state index contributed by atoms with van der Waals surface area (Å²) in [5, 5.41) is 10.9. The lowest BCUT2D eigenvalue weighted by molar-refractivity contribution is 0.242. The standard InChI is InChI=1S/C13H16N4O/c1-9(2)18-11-6-4-10(5-7-11)12-13(14-3)15-8-16-17-12/h4-9H,1-3H3,(H,14,15,16). The number of nitrogens with zero attached hydrogens (tertiary/aromatic N) is 3. The van der Waals surface area contributed by atoms with Crippen molar-refractivity contribution in [2.24, 2.45) is 0 Å². The quantitative estimate of drug-likeness (QED) is 0.894. The zero-order valence-corrected chi connectivity index (χ0v) is 10.7. The van der Waals surface area contributed by atoms with Crippen molar-refractivity contribution < 1.29 is 4.74 Å². The first-order valence-electron chi connectivity index (χ1n) is 5.83. The molecule has 1 heterocycles. The first-order chi connectivity index (χ1) is 8.70. The van der Waals surface area contributed by atoms with E-state index < -0.39 is 0 Å². The van der Waals surface area contributed by atoms with Gasteiger partial charge in [-0.1, -0.05) is 0 Å². The number of benzene rings is 1. The second-order valence-electron chi connectivity index (χ2n) is 4.10. The molecule has 0 amide bonds. The van der Waals surface area contributed by atoms with E-state index in [0.29, 0.717) is 5.82 Å². The van der Waals surface area contributed by atoms with Crippen LogP contribution in [-0.2, 0) is 0 Å². The third kappa shape index (κ3) is 2.74. The molecular formula is C13H16N4O. The fourth-order valence-electron chi connectivity index (χ4n) is 1.62. The van der Waals surface area contributed by atoms with Crippen LogP contribution in [0.1, 0.15) is 13.8 Å². The summed E-state index contributed by atoms with van der Waals surface area (Å²) in [4.78, 5) is 4.13. The minimum Gasteiger partial charge on any atom is -0.491 e. The number of aromatic nitrogens is 3. The molecule has 0 fully saturated rings. The number of hydrogen-bond donors (Lipinski definition) is 1. The van der Waals surface area contributed by atoms with Crippen LogP contribution in [0.5, 0.6) is 5.75 Å². The van der Waals surface area contributed by atoms with Gasteiger partial charge in [-0.3, -0.25) is 0 Å². The van der Waals surface area contributed by atoms with E-state index in [1.807, 2.05) is 45.2 Å². The fourth-order valence-corrected chi connectivity index (χ4v) is 1.62. The smallest absolute Gasteiger partial charge is 0.156 e. The maximum Gasteiger partial charge on any atom is 0.156 e. The van der Waals surface area contributed by atoms with E-state index in [-0.39, 0.29) is 6.10 Å². The topological polar surface area (TPSA) is 59.9 Å². The molecule has 0 saturated carbocycles. The van der Waals surface area contributed by atoms with Crippen LogP contribution in [0.25, 0.3) is 11.3 Å². The fraction of sp³-hybridized carbons (Fsp3) is 0.308. The molecule has 1 aromatic carbocycles. The van der Waals surface area contributed by atoms with Crippen molar-refractivity contribution in [3.8, 4) is 17.0 Å². The average molecular weight is 244 g/mol. The average Bonchev–Trinajstić information content (AvgIpc) is 2.39. The Bertz CT molecular complexity index is 511. The molecule has 0 aliphatic carbocycles. The van der Waals surface area contributed by atoms with Crippen LogP contribution in [0, 0.1) is 0 Å². The van der Waals surface area contributed by atoms with Gasteiger partial charge in [0.15, 0.2) is 5.82 Å². The maximum atomic E-state index is 5.59. The van der Waals surface area contributed by atoms with E-state index in [0.717, 1.165) is 17.0 Å². The summed E-state index contributed by atoms with van der Waals surface area (Å²) in [7, 11) is 1.81.